The van der Waals surface area contributed by atoms with Crippen LogP contribution < -0.4 is 5.32 Å². The monoisotopic (exact) mass is 212 g/mol. The molecular weight excluding hydrogens is 188 g/mol. The van der Waals surface area contributed by atoms with Crippen LogP contribution in [-0.2, 0) is 4.74 Å². The fourth-order valence-corrected chi connectivity index (χ4v) is 3.29. The maximum atomic E-state index is 5.31. The van der Waals surface area contributed by atoms with Crippen molar-refractivity contribution < 1.29 is 4.74 Å². The molecule has 1 saturated carbocycles. The molecule has 0 aromatic heterocycles. The summed E-state index contributed by atoms with van der Waals surface area (Å²) in [6.45, 7) is 4.52. The van der Waals surface area contributed by atoms with Crippen LogP contribution in [0.25, 0.3) is 0 Å². The highest BCUT2D eigenvalue weighted by Crippen LogP contribution is 2.38. The van der Waals surface area contributed by atoms with E-state index in [1.807, 2.05) is 7.05 Å². The fourth-order valence-electron chi connectivity index (χ4n) is 3.29. The number of hydrogen-bond acceptors (Lipinski definition) is 3. The topological polar surface area (TPSA) is 24.5 Å². The largest absolute Gasteiger partial charge is 0.383 e. The van der Waals surface area contributed by atoms with E-state index in [0.29, 0.717) is 6.04 Å². The Morgan fingerprint density at radius 3 is 2.53 bits per heavy atom. The number of rotatable bonds is 5. The predicted octanol–water partition coefficient (Wildman–Crippen LogP) is 0.953. The SMILES string of the molecule is CNCC(COC)N1CC2CCCC2C1. The molecule has 2 aliphatic rings. The van der Waals surface area contributed by atoms with E-state index in [1.54, 1.807) is 7.11 Å². The van der Waals surface area contributed by atoms with Crippen LogP contribution in [0.5, 0.6) is 0 Å². The van der Waals surface area contributed by atoms with Crippen molar-refractivity contribution in [3.05, 3.63) is 0 Å². The van der Waals surface area contributed by atoms with Crippen molar-refractivity contribution in [3.8, 4) is 0 Å². The zero-order valence-corrected chi connectivity index (χ0v) is 10.0. The molecule has 0 amide bonds. The van der Waals surface area contributed by atoms with Gasteiger partial charge in [-0.15, -0.1) is 0 Å². The lowest BCUT2D eigenvalue weighted by Crippen LogP contribution is -2.43. The smallest absolute Gasteiger partial charge is 0.0630 e. The second kappa shape index (κ2) is 5.28. The summed E-state index contributed by atoms with van der Waals surface area (Å²) in [7, 11) is 3.83. The molecule has 15 heavy (non-hydrogen) atoms. The normalized spacial score (nSPS) is 33.2. The first-order chi connectivity index (χ1) is 7.35. The van der Waals surface area contributed by atoms with Crippen LogP contribution in [0.1, 0.15) is 19.3 Å². The molecule has 1 aliphatic carbocycles. The van der Waals surface area contributed by atoms with Crippen LogP contribution in [0, 0.1) is 11.8 Å². The van der Waals surface area contributed by atoms with Crippen LogP contribution in [0.3, 0.4) is 0 Å². The molecule has 0 aromatic rings. The van der Waals surface area contributed by atoms with Crippen molar-refractivity contribution in [2.45, 2.75) is 25.3 Å². The van der Waals surface area contributed by atoms with Crippen molar-refractivity contribution in [1.29, 1.82) is 0 Å². The number of nitrogens with zero attached hydrogens (tertiary/aromatic N) is 1. The number of methoxy groups -OCH3 is 1. The molecule has 2 rings (SSSR count). The third-order valence-corrected chi connectivity index (χ3v) is 4.07. The summed E-state index contributed by atoms with van der Waals surface area (Å²) >= 11 is 0. The van der Waals surface area contributed by atoms with Gasteiger partial charge in [0.2, 0.25) is 0 Å². The van der Waals surface area contributed by atoms with Gasteiger partial charge in [-0.1, -0.05) is 6.42 Å². The van der Waals surface area contributed by atoms with Crippen LogP contribution >= 0.6 is 0 Å². The van der Waals surface area contributed by atoms with Gasteiger partial charge in [-0.25, -0.2) is 0 Å². The van der Waals surface area contributed by atoms with Crippen molar-refractivity contribution in [3.63, 3.8) is 0 Å². The van der Waals surface area contributed by atoms with Gasteiger partial charge in [0.1, 0.15) is 0 Å². The van der Waals surface area contributed by atoms with Gasteiger partial charge in [-0.05, 0) is 31.7 Å². The summed E-state index contributed by atoms with van der Waals surface area (Å²) in [5.41, 5.74) is 0. The van der Waals surface area contributed by atoms with E-state index in [2.05, 4.69) is 10.2 Å². The molecule has 0 bridgehead atoms. The van der Waals surface area contributed by atoms with E-state index in [4.69, 9.17) is 4.74 Å². The van der Waals surface area contributed by atoms with Gasteiger partial charge in [0.25, 0.3) is 0 Å². The van der Waals surface area contributed by atoms with Gasteiger partial charge in [0.15, 0.2) is 0 Å². The molecule has 1 N–H and O–H groups in total. The number of fused-ring (bicyclic) bond motifs is 1. The summed E-state index contributed by atoms with van der Waals surface area (Å²) in [4.78, 5) is 2.63. The van der Waals surface area contributed by atoms with E-state index >= 15 is 0 Å². The Morgan fingerprint density at radius 1 is 1.33 bits per heavy atom. The minimum atomic E-state index is 0.575. The second-order valence-electron chi connectivity index (χ2n) is 5.07. The zero-order chi connectivity index (χ0) is 10.7. The first kappa shape index (κ1) is 11.4. The average Bonchev–Trinajstić information content (AvgIpc) is 2.76. The molecule has 3 unspecified atom stereocenters. The molecule has 88 valence electrons. The number of nitrogens with one attached hydrogen (secondary N) is 1. The Bertz CT molecular complexity index is 180. The Kier molecular flexibility index (Phi) is 4.00. The quantitative estimate of drug-likeness (QED) is 0.734. The van der Waals surface area contributed by atoms with Gasteiger partial charge < -0.3 is 10.1 Å². The third kappa shape index (κ3) is 2.52. The lowest BCUT2D eigenvalue weighted by atomic mass is 10.0. The average molecular weight is 212 g/mol. The summed E-state index contributed by atoms with van der Waals surface area (Å²) in [6.07, 6.45) is 4.38. The number of ether oxygens (including phenoxy) is 1. The van der Waals surface area contributed by atoms with Crippen LogP contribution in [0.2, 0.25) is 0 Å². The Morgan fingerprint density at radius 2 is 2.00 bits per heavy atom. The number of likely N-dealkylation sites (N-methyl/N-ethyl adjacent to an activating group) is 1. The molecule has 0 aromatic carbocycles. The molecule has 0 spiro atoms. The summed E-state index contributed by atoms with van der Waals surface area (Å²) < 4.78 is 5.31. The fraction of sp³-hybridized carbons (Fsp3) is 1.00. The minimum Gasteiger partial charge on any atom is -0.383 e. The van der Waals surface area contributed by atoms with E-state index < -0.39 is 0 Å². The minimum absolute atomic E-state index is 0.575. The molecule has 3 atom stereocenters. The van der Waals surface area contributed by atoms with E-state index in [0.717, 1.165) is 25.0 Å². The van der Waals surface area contributed by atoms with Gasteiger partial charge in [-0.2, -0.15) is 0 Å². The van der Waals surface area contributed by atoms with E-state index in [9.17, 15) is 0 Å². The highest BCUT2D eigenvalue weighted by atomic mass is 16.5. The summed E-state index contributed by atoms with van der Waals surface area (Å²) in [5, 5.41) is 3.27. The van der Waals surface area contributed by atoms with Crippen molar-refractivity contribution in [1.82, 2.24) is 10.2 Å². The molecule has 3 nitrogen and oxygen atoms in total. The van der Waals surface area contributed by atoms with Crippen LogP contribution in [0.15, 0.2) is 0 Å². The maximum Gasteiger partial charge on any atom is 0.0630 e. The maximum absolute atomic E-state index is 5.31. The first-order valence-electron chi connectivity index (χ1n) is 6.22. The van der Waals surface area contributed by atoms with Crippen molar-refractivity contribution >= 4 is 0 Å². The molecule has 3 heteroatoms. The third-order valence-electron chi connectivity index (χ3n) is 4.07. The Balaban J connectivity index is 1.86. The van der Waals surface area contributed by atoms with Gasteiger partial charge in [0.05, 0.1) is 6.61 Å². The van der Waals surface area contributed by atoms with E-state index in [1.165, 1.54) is 32.4 Å². The van der Waals surface area contributed by atoms with Crippen molar-refractivity contribution in [2.75, 3.05) is 40.4 Å². The molecule has 2 fully saturated rings. The molecule has 1 heterocycles. The highest BCUT2D eigenvalue weighted by molar-refractivity contribution is 4.91. The Hall–Kier alpha value is -0.120. The summed E-state index contributed by atoms with van der Waals surface area (Å²) in [6, 6.07) is 0.575. The standard InChI is InChI=1S/C12H24N2O/c1-13-6-12(9-15-2)14-7-10-4-3-5-11(10)8-14/h10-13H,3-9H2,1-2H3. The zero-order valence-electron chi connectivity index (χ0n) is 10.0. The molecule has 0 radical (unpaired) electrons. The second-order valence-corrected chi connectivity index (χ2v) is 5.07. The lowest BCUT2D eigenvalue weighted by Gasteiger charge is -2.27. The number of hydrogen-bond donors (Lipinski definition) is 1. The molecule has 1 saturated heterocycles. The number of likely N-dealkylation sites (tertiary alicyclic amines) is 1. The molecule has 1 aliphatic heterocycles. The van der Waals surface area contributed by atoms with Gasteiger partial charge >= 0.3 is 0 Å². The van der Waals surface area contributed by atoms with Crippen molar-refractivity contribution in [2.24, 2.45) is 11.8 Å². The summed E-state index contributed by atoms with van der Waals surface area (Å²) in [5.74, 6) is 1.97. The van der Waals surface area contributed by atoms with Crippen LogP contribution in [-0.4, -0.2) is 51.3 Å². The first-order valence-corrected chi connectivity index (χ1v) is 6.22. The predicted molar refractivity (Wildman–Crippen MR) is 62.0 cm³/mol. The Labute approximate surface area is 93.2 Å². The van der Waals surface area contributed by atoms with Crippen LogP contribution in [0.4, 0.5) is 0 Å². The van der Waals surface area contributed by atoms with Gasteiger partial charge in [0, 0.05) is 32.8 Å². The molecular formula is C12H24N2O. The van der Waals surface area contributed by atoms with Gasteiger partial charge in [-0.3, -0.25) is 4.90 Å². The lowest BCUT2D eigenvalue weighted by molar-refractivity contribution is 0.100. The highest BCUT2D eigenvalue weighted by Gasteiger charge is 2.38. The van der Waals surface area contributed by atoms with E-state index in [-0.39, 0.29) is 0 Å².